The van der Waals surface area contributed by atoms with Gasteiger partial charge in [0.15, 0.2) is 0 Å². The highest BCUT2D eigenvalue weighted by Gasteiger charge is 2.10. The second-order valence-corrected chi connectivity index (χ2v) is 6.58. The second-order valence-electron chi connectivity index (χ2n) is 4.28. The molecule has 1 aromatic rings. The van der Waals surface area contributed by atoms with Crippen molar-refractivity contribution >= 4 is 23.5 Å². The molecule has 18 heavy (non-hydrogen) atoms. The maximum atomic E-state index is 5.55. The zero-order valence-corrected chi connectivity index (χ0v) is 12.5. The molecule has 0 saturated heterocycles. The van der Waals surface area contributed by atoms with E-state index in [0.29, 0.717) is 0 Å². The molecule has 0 radical (unpaired) electrons. The molecule has 4 N–H and O–H groups in total. The van der Waals surface area contributed by atoms with Gasteiger partial charge in [0.05, 0.1) is 0 Å². The fourth-order valence-corrected chi connectivity index (χ4v) is 3.73. The van der Waals surface area contributed by atoms with Crippen LogP contribution in [-0.4, -0.2) is 36.1 Å². The number of hydrogen-bond donors (Lipinski definition) is 2. The van der Waals surface area contributed by atoms with Crippen LogP contribution < -0.4 is 11.5 Å². The second kappa shape index (κ2) is 10.7. The van der Waals surface area contributed by atoms with Crippen molar-refractivity contribution in [2.75, 3.05) is 36.1 Å². The molecule has 0 aromatic heterocycles. The minimum atomic E-state index is 0.723. The first-order valence-electron chi connectivity index (χ1n) is 6.46. The molecule has 0 heterocycles. The molecule has 1 aromatic carbocycles. The van der Waals surface area contributed by atoms with Gasteiger partial charge in [0.2, 0.25) is 0 Å². The Hall–Kier alpha value is -0.160. The van der Waals surface area contributed by atoms with Crippen LogP contribution in [0.25, 0.3) is 0 Å². The molecule has 0 aliphatic carbocycles. The van der Waals surface area contributed by atoms with Gasteiger partial charge in [0.1, 0.15) is 0 Å². The largest absolute Gasteiger partial charge is 0.330 e. The molecule has 4 heteroatoms. The maximum absolute atomic E-state index is 5.55. The van der Waals surface area contributed by atoms with Crippen LogP contribution in [0.5, 0.6) is 0 Å². The third-order valence-corrected chi connectivity index (χ3v) is 5.06. The fourth-order valence-electron chi connectivity index (χ4n) is 1.78. The van der Waals surface area contributed by atoms with Crippen LogP contribution in [-0.2, 0) is 6.42 Å². The zero-order chi connectivity index (χ0) is 13.1. The summed E-state index contributed by atoms with van der Waals surface area (Å²) in [4.78, 5) is 0. The first kappa shape index (κ1) is 15.9. The highest BCUT2D eigenvalue weighted by Crippen LogP contribution is 2.19. The standard InChI is InChI=1S/C14H24N2S2/c15-6-8-17-11-14(12-18-9-7-16)10-13-4-2-1-3-5-13/h1-5,14H,6-12,15-16H2. The number of hydrogen-bond acceptors (Lipinski definition) is 4. The fraction of sp³-hybridized carbons (Fsp3) is 0.571. The maximum Gasteiger partial charge on any atom is 0.00559 e. The molecule has 0 fully saturated rings. The van der Waals surface area contributed by atoms with Crippen molar-refractivity contribution in [3.63, 3.8) is 0 Å². The average Bonchev–Trinajstić information content (AvgIpc) is 2.40. The number of rotatable bonds is 10. The van der Waals surface area contributed by atoms with Crippen molar-refractivity contribution in [2.24, 2.45) is 17.4 Å². The van der Waals surface area contributed by atoms with Crippen LogP contribution >= 0.6 is 23.5 Å². The monoisotopic (exact) mass is 284 g/mol. The Morgan fingerprint density at radius 1 is 0.889 bits per heavy atom. The van der Waals surface area contributed by atoms with E-state index >= 15 is 0 Å². The zero-order valence-electron chi connectivity index (χ0n) is 10.9. The van der Waals surface area contributed by atoms with Crippen LogP contribution in [0.4, 0.5) is 0 Å². The van der Waals surface area contributed by atoms with Gasteiger partial charge in [-0.3, -0.25) is 0 Å². The summed E-state index contributed by atoms with van der Waals surface area (Å²) in [6.45, 7) is 1.55. The predicted octanol–water partition coefficient (Wildman–Crippen LogP) is 2.23. The van der Waals surface area contributed by atoms with Gasteiger partial charge in [-0.2, -0.15) is 23.5 Å². The lowest BCUT2D eigenvalue weighted by molar-refractivity contribution is 0.670. The van der Waals surface area contributed by atoms with E-state index in [1.54, 1.807) is 0 Å². The molecular formula is C14H24N2S2. The predicted molar refractivity (Wildman–Crippen MR) is 86.4 cm³/mol. The van der Waals surface area contributed by atoms with Crippen molar-refractivity contribution in [3.05, 3.63) is 35.9 Å². The van der Waals surface area contributed by atoms with Gasteiger partial charge >= 0.3 is 0 Å². The quantitative estimate of drug-likeness (QED) is 0.647. The van der Waals surface area contributed by atoms with E-state index in [1.165, 1.54) is 17.1 Å². The molecule has 0 aliphatic rings. The lowest BCUT2D eigenvalue weighted by Gasteiger charge is -2.16. The van der Waals surface area contributed by atoms with Crippen molar-refractivity contribution in [2.45, 2.75) is 6.42 Å². The Morgan fingerprint density at radius 3 is 1.94 bits per heavy atom. The van der Waals surface area contributed by atoms with Gasteiger partial charge in [-0.25, -0.2) is 0 Å². The van der Waals surface area contributed by atoms with E-state index < -0.39 is 0 Å². The van der Waals surface area contributed by atoms with E-state index in [1.807, 2.05) is 23.5 Å². The van der Waals surface area contributed by atoms with Gasteiger partial charge in [-0.15, -0.1) is 0 Å². The van der Waals surface area contributed by atoms with E-state index in [9.17, 15) is 0 Å². The molecule has 0 saturated carbocycles. The number of benzene rings is 1. The summed E-state index contributed by atoms with van der Waals surface area (Å²) in [5.74, 6) is 5.24. The van der Waals surface area contributed by atoms with Crippen molar-refractivity contribution in [1.29, 1.82) is 0 Å². The SMILES string of the molecule is NCCSCC(CSCCN)Cc1ccccc1. The summed E-state index contributed by atoms with van der Waals surface area (Å²) in [6, 6.07) is 10.7. The number of nitrogens with two attached hydrogens (primary N) is 2. The Balaban J connectivity index is 2.37. The number of thioether (sulfide) groups is 2. The summed E-state index contributed by atoms with van der Waals surface area (Å²) >= 11 is 3.94. The first-order chi connectivity index (χ1) is 8.86. The van der Waals surface area contributed by atoms with Gasteiger partial charge in [0.25, 0.3) is 0 Å². The van der Waals surface area contributed by atoms with Crippen LogP contribution in [0.2, 0.25) is 0 Å². The lowest BCUT2D eigenvalue weighted by Crippen LogP contribution is -2.14. The molecular weight excluding hydrogens is 260 g/mol. The first-order valence-corrected chi connectivity index (χ1v) is 8.77. The van der Waals surface area contributed by atoms with E-state index in [-0.39, 0.29) is 0 Å². The molecule has 102 valence electrons. The summed E-state index contributed by atoms with van der Waals surface area (Å²) < 4.78 is 0. The Labute approximate surface area is 119 Å². The van der Waals surface area contributed by atoms with Crippen molar-refractivity contribution in [3.8, 4) is 0 Å². The molecule has 1 rings (SSSR count). The van der Waals surface area contributed by atoms with Gasteiger partial charge in [-0.05, 0) is 29.4 Å². The molecule has 2 nitrogen and oxygen atoms in total. The van der Waals surface area contributed by atoms with Crippen molar-refractivity contribution in [1.82, 2.24) is 0 Å². The molecule has 0 unspecified atom stereocenters. The Morgan fingerprint density at radius 2 is 1.44 bits per heavy atom. The van der Waals surface area contributed by atoms with E-state index in [2.05, 4.69) is 30.3 Å². The van der Waals surface area contributed by atoms with Crippen LogP contribution in [0.1, 0.15) is 5.56 Å². The minimum absolute atomic E-state index is 0.723. The molecule has 0 bridgehead atoms. The molecule has 0 atom stereocenters. The molecule has 0 spiro atoms. The third-order valence-electron chi connectivity index (χ3n) is 2.60. The van der Waals surface area contributed by atoms with Crippen LogP contribution in [0.15, 0.2) is 30.3 Å². The summed E-state index contributed by atoms with van der Waals surface area (Å²) in [7, 11) is 0. The summed E-state index contributed by atoms with van der Waals surface area (Å²) in [6.07, 6.45) is 1.16. The average molecular weight is 284 g/mol. The van der Waals surface area contributed by atoms with Crippen LogP contribution in [0.3, 0.4) is 0 Å². The smallest absolute Gasteiger partial charge is 0.00559 e. The summed E-state index contributed by atoms with van der Waals surface area (Å²) in [5.41, 5.74) is 12.5. The Bertz CT molecular complexity index is 283. The highest BCUT2D eigenvalue weighted by atomic mass is 32.2. The lowest BCUT2D eigenvalue weighted by atomic mass is 10.0. The normalized spacial score (nSPS) is 11.1. The summed E-state index contributed by atoms with van der Waals surface area (Å²) in [5, 5.41) is 0. The molecule has 0 amide bonds. The van der Waals surface area contributed by atoms with Gasteiger partial charge in [-0.1, -0.05) is 30.3 Å². The topological polar surface area (TPSA) is 52.0 Å². The highest BCUT2D eigenvalue weighted by molar-refractivity contribution is 8.00. The minimum Gasteiger partial charge on any atom is -0.330 e. The Kier molecular flexibility index (Phi) is 9.48. The van der Waals surface area contributed by atoms with Crippen LogP contribution in [0, 0.1) is 5.92 Å². The molecule has 0 aliphatic heterocycles. The van der Waals surface area contributed by atoms with E-state index in [0.717, 1.165) is 36.9 Å². The van der Waals surface area contributed by atoms with Gasteiger partial charge in [0, 0.05) is 24.6 Å². The van der Waals surface area contributed by atoms with E-state index in [4.69, 9.17) is 11.5 Å². The third kappa shape index (κ3) is 7.31. The van der Waals surface area contributed by atoms with Crippen molar-refractivity contribution < 1.29 is 0 Å². The van der Waals surface area contributed by atoms with Gasteiger partial charge < -0.3 is 11.5 Å².